The van der Waals surface area contributed by atoms with Gasteiger partial charge in [0.25, 0.3) is 0 Å². The van der Waals surface area contributed by atoms with Gasteiger partial charge < -0.3 is 10.6 Å². The molecule has 20 heavy (non-hydrogen) atoms. The standard InChI is InChI=1S/C16H18ClN3/c1-10-4-7-15(11(2)8-10)20(3)12-5-6-13(16(18)19)14(17)9-12/h4-9H,1-3H3,(H3,18,19). The molecular weight excluding hydrogens is 270 g/mol. The topological polar surface area (TPSA) is 53.1 Å². The van der Waals surface area contributed by atoms with Gasteiger partial charge >= 0.3 is 0 Å². The molecule has 3 nitrogen and oxygen atoms in total. The number of halogens is 1. The largest absolute Gasteiger partial charge is 0.384 e. The van der Waals surface area contributed by atoms with Gasteiger partial charge in [-0.25, -0.2) is 0 Å². The Bertz CT molecular complexity index is 665. The molecule has 0 aliphatic carbocycles. The Morgan fingerprint density at radius 1 is 1.15 bits per heavy atom. The molecule has 0 aliphatic heterocycles. The van der Waals surface area contributed by atoms with E-state index < -0.39 is 0 Å². The minimum Gasteiger partial charge on any atom is -0.384 e. The number of nitrogens with two attached hydrogens (primary N) is 1. The summed E-state index contributed by atoms with van der Waals surface area (Å²) in [6.45, 7) is 4.17. The van der Waals surface area contributed by atoms with Crippen LogP contribution >= 0.6 is 11.6 Å². The molecular formula is C16H18ClN3. The van der Waals surface area contributed by atoms with E-state index in [0.717, 1.165) is 11.4 Å². The maximum Gasteiger partial charge on any atom is 0.124 e. The van der Waals surface area contributed by atoms with Gasteiger partial charge in [0.2, 0.25) is 0 Å². The van der Waals surface area contributed by atoms with Crippen LogP contribution in [0.25, 0.3) is 0 Å². The average molecular weight is 288 g/mol. The first-order valence-electron chi connectivity index (χ1n) is 6.35. The van der Waals surface area contributed by atoms with Crippen LogP contribution in [0.5, 0.6) is 0 Å². The SMILES string of the molecule is Cc1ccc(N(C)c2ccc(C(=N)N)c(Cl)c2)c(C)c1. The van der Waals surface area contributed by atoms with Crippen LogP contribution in [0.1, 0.15) is 16.7 Å². The molecule has 0 amide bonds. The molecule has 0 bridgehead atoms. The van der Waals surface area contributed by atoms with Crippen LogP contribution in [-0.4, -0.2) is 12.9 Å². The van der Waals surface area contributed by atoms with Crippen LogP contribution in [-0.2, 0) is 0 Å². The Morgan fingerprint density at radius 2 is 1.85 bits per heavy atom. The van der Waals surface area contributed by atoms with Gasteiger partial charge in [0.15, 0.2) is 0 Å². The van der Waals surface area contributed by atoms with Crippen molar-refractivity contribution in [2.45, 2.75) is 13.8 Å². The lowest BCUT2D eigenvalue weighted by Gasteiger charge is -2.22. The van der Waals surface area contributed by atoms with Gasteiger partial charge in [-0.05, 0) is 43.7 Å². The van der Waals surface area contributed by atoms with E-state index in [2.05, 4.69) is 36.9 Å². The molecule has 0 aromatic heterocycles. The summed E-state index contributed by atoms with van der Waals surface area (Å²) in [5.41, 5.74) is 10.6. The predicted molar refractivity (Wildman–Crippen MR) is 86.4 cm³/mol. The molecule has 0 spiro atoms. The number of rotatable bonds is 3. The van der Waals surface area contributed by atoms with E-state index in [0.29, 0.717) is 10.6 Å². The molecule has 0 heterocycles. The summed E-state index contributed by atoms with van der Waals surface area (Å²) in [4.78, 5) is 2.07. The fourth-order valence-corrected chi connectivity index (χ4v) is 2.53. The second kappa shape index (κ2) is 5.55. The number of benzene rings is 2. The number of nitrogen functional groups attached to an aromatic ring is 1. The first kappa shape index (κ1) is 14.4. The lowest BCUT2D eigenvalue weighted by atomic mass is 10.1. The number of nitrogens with one attached hydrogen (secondary N) is 1. The van der Waals surface area contributed by atoms with Crippen molar-refractivity contribution in [1.29, 1.82) is 5.41 Å². The summed E-state index contributed by atoms with van der Waals surface area (Å²) in [6, 6.07) is 11.9. The Balaban J connectivity index is 2.40. The molecule has 0 unspecified atom stereocenters. The number of amidine groups is 1. The fourth-order valence-electron chi connectivity index (χ4n) is 2.25. The van der Waals surface area contributed by atoms with E-state index in [-0.39, 0.29) is 5.84 Å². The summed E-state index contributed by atoms with van der Waals surface area (Å²) < 4.78 is 0. The number of nitrogens with zero attached hydrogens (tertiary/aromatic N) is 1. The molecule has 104 valence electrons. The zero-order chi connectivity index (χ0) is 14.9. The van der Waals surface area contributed by atoms with E-state index in [1.165, 1.54) is 11.1 Å². The second-order valence-electron chi connectivity index (χ2n) is 4.93. The molecule has 0 saturated heterocycles. The fraction of sp³-hybridized carbons (Fsp3) is 0.188. The van der Waals surface area contributed by atoms with Crippen LogP contribution in [0.3, 0.4) is 0 Å². The van der Waals surface area contributed by atoms with E-state index >= 15 is 0 Å². The molecule has 2 rings (SSSR count). The lowest BCUT2D eigenvalue weighted by Crippen LogP contribution is -2.14. The summed E-state index contributed by atoms with van der Waals surface area (Å²) in [7, 11) is 2.00. The third-order valence-corrected chi connectivity index (χ3v) is 3.66. The van der Waals surface area contributed by atoms with Crippen molar-refractivity contribution in [3.63, 3.8) is 0 Å². The monoisotopic (exact) mass is 287 g/mol. The number of hydrogen-bond acceptors (Lipinski definition) is 2. The zero-order valence-corrected chi connectivity index (χ0v) is 12.6. The molecule has 2 aromatic carbocycles. The maximum atomic E-state index is 7.46. The highest BCUT2D eigenvalue weighted by Gasteiger charge is 2.10. The lowest BCUT2D eigenvalue weighted by molar-refractivity contribution is 1.18. The molecule has 3 N–H and O–H groups in total. The summed E-state index contributed by atoms with van der Waals surface area (Å²) >= 11 is 6.17. The molecule has 0 aliphatic rings. The van der Waals surface area contributed by atoms with E-state index in [4.69, 9.17) is 22.7 Å². The Labute approximate surface area is 124 Å². The van der Waals surface area contributed by atoms with Gasteiger partial charge in [0.1, 0.15) is 5.84 Å². The molecule has 4 heteroatoms. The number of hydrogen-bond donors (Lipinski definition) is 2. The van der Waals surface area contributed by atoms with Gasteiger partial charge in [-0.15, -0.1) is 0 Å². The normalized spacial score (nSPS) is 10.4. The van der Waals surface area contributed by atoms with Crippen molar-refractivity contribution < 1.29 is 0 Å². The Hall–Kier alpha value is -2.00. The van der Waals surface area contributed by atoms with E-state index in [1.54, 1.807) is 6.07 Å². The molecule has 0 radical (unpaired) electrons. The summed E-state index contributed by atoms with van der Waals surface area (Å²) in [5.74, 6) is -0.0179. The second-order valence-corrected chi connectivity index (χ2v) is 5.33. The smallest absolute Gasteiger partial charge is 0.124 e. The number of anilines is 2. The van der Waals surface area contributed by atoms with E-state index in [1.807, 2.05) is 19.2 Å². The maximum absolute atomic E-state index is 7.46. The number of aryl methyl sites for hydroxylation is 2. The van der Waals surface area contributed by atoms with Gasteiger partial charge in [0, 0.05) is 24.0 Å². The predicted octanol–water partition coefficient (Wildman–Crippen LogP) is 4.01. The zero-order valence-electron chi connectivity index (χ0n) is 11.9. The first-order valence-corrected chi connectivity index (χ1v) is 6.73. The summed E-state index contributed by atoms with van der Waals surface area (Å²) in [5, 5.41) is 7.95. The highest BCUT2D eigenvalue weighted by Crippen LogP contribution is 2.30. The first-order chi connectivity index (χ1) is 9.40. The van der Waals surface area contributed by atoms with Crippen molar-refractivity contribution >= 4 is 28.8 Å². The van der Waals surface area contributed by atoms with Crippen molar-refractivity contribution in [2.75, 3.05) is 11.9 Å². The third kappa shape index (κ3) is 2.78. The van der Waals surface area contributed by atoms with Gasteiger partial charge in [-0.2, -0.15) is 0 Å². The quantitative estimate of drug-likeness (QED) is 0.662. The van der Waals surface area contributed by atoms with E-state index in [9.17, 15) is 0 Å². The van der Waals surface area contributed by atoms with Gasteiger partial charge in [-0.1, -0.05) is 29.3 Å². The van der Waals surface area contributed by atoms with Crippen molar-refractivity contribution in [3.05, 3.63) is 58.1 Å². The van der Waals surface area contributed by atoms with Crippen LogP contribution in [0.4, 0.5) is 11.4 Å². The average Bonchev–Trinajstić information content (AvgIpc) is 2.37. The molecule has 0 saturated carbocycles. The summed E-state index contributed by atoms with van der Waals surface area (Å²) in [6.07, 6.45) is 0. The Kier molecular flexibility index (Phi) is 4.00. The minimum absolute atomic E-state index is 0.0179. The molecule has 0 atom stereocenters. The molecule has 0 fully saturated rings. The minimum atomic E-state index is -0.0179. The van der Waals surface area contributed by atoms with Crippen LogP contribution in [0.15, 0.2) is 36.4 Å². The van der Waals surface area contributed by atoms with Crippen LogP contribution < -0.4 is 10.6 Å². The van der Waals surface area contributed by atoms with Crippen LogP contribution in [0.2, 0.25) is 5.02 Å². The van der Waals surface area contributed by atoms with Crippen molar-refractivity contribution in [2.24, 2.45) is 5.73 Å². The third-order valence-electron chi connectivity index (χ3n) is 3.34. The van der Waals surface area contributed by atoms with Crippen molar-refractivity contribution in [1.82, 2.24) is 0 Å². The molecule has 2 aromatic rings. The van der Waals surface area contributed by atoms with Crippen LogP contribution in [0, 0.1) is 19.3 Å². The highest BCUT2D eigenvalue weighted by molar-refractivity contribution is 6.34. The van der Waals surface area contributed by atoms with Gasteiger partial charge in [-0.3, -0.25) is 5.41 Å². The van der Waals surface area contributed by atoms with Gasteiger partial charge in [0.05, 0.1) is 5.02 Å². The highest BCUT2D eigenvalue weighted by atomic mass is 35.5. The van der Waals surface area contributed by atoms with Crippen molar-refractivity contribution in [3.8, 4) is 0 Å². The Morgan fingerprint density at radius 3 is 2.40 bits per heavy atom.